The van der Waals surface area contributed by atoms with E-state index in [9.17, 15) is 4.79 Å². The van der Waals surface area contributed by atoms with Gasteiger partial charge >= 0.3 is 0 Å². The van der Waals surface area contributed by atoms with E-state index in [2.05, 4.69) is 0 Å². The Morgan fingerprint density at radius 1 is 1.45 bits per heavy atom. The second-order valence-corrected chi connectivity index (χ2v) is 2.99. The van der Waals surface area contributed by atoms with E-state index in [-0.39, 0.29) is 24.9 Å². The maximum atomic E-state index is 10.9. The summed E-state index contributed by atoms with van der Waals surface area (Å²) in [5, 5.41) is 8.77. The van der Waals surface area contributed by atoms with Crippen LogP contribution >= 0.6 is 0 Å². The third-order valence-electron chi connectivity index (χ3n) is 1.25. The summed E-state index contributed by atoms with van der Waals surface area (Å²) in [7, 11) is 0. The van der Waals surface area contributed by atoms with Gasteiger partial charge in [0, 0.05) is 5.92 Å². The number of hydrogen-bond donors (Lipinski definition) is 1. The molecule has 0 aromatic heterocycles. The fourth-order valence-electron chi connectivity index (χ4n) is 0.497. The Morgan fingerprint density at radius 3 is 2.36 bits per heavy atom. The molecule has 0 aliphatic carbocycles. The normalized spacial score (nSPS) is 13.5. The van der Waals surface area contributed by atoms with Gasteiger partial charge in [0.1, 0.15) is 6.61 Å². The van der Waals surface area contributed by atoms with E-state index in [1.54, 1.807) is 6.92 Å². The summed E-state index contributed by atoms with van der Waals surface area (Å²) in [5.74, 6) is 0.0923. The van der Waals surface area contributed by atoms with Crippen molar-refractivity contribution in [3.8, 4) is 0 Å². The maximum absolute atomic E-state index is 10.9. The van der Waals surface area contributed by atoms with Crippen LogP contribution in [0.5, 0.6) is 0 Å². The smallest absolute Gasteiger partial charge is 0.160 e. The predicted octanol–water partition coefficient (Wildman–Crippen LogP) is 0.609. The Hall–Kier alpha value is -0.410. The zero-order valence-corrected chi connectivity index (χ0v) is 7.33. The lowest BCUT2D eigenvalue weighted by Crippen LogP contribution is -2.19. The molecule has 0 aromatic carbocycles. The summed E-state index contributed by atoms with van der Waals surface area (Å²) in [6.07, 6.45) is -0.491. The van der Waals surface area contributed by atoms with Gasteiger partial charge in [0.05, 0.1) is 12.7 Å². The molecule has 0 heterocycles. The van der Waals surface area contributed by atoms with Gasteiger partial charge < -0.3 is 9.84 Å². The number of Topliss-reactive ketones (excluding diaryl/α,β-unsaturated/α-hetero) is 1. The van der Waals surface area contributed by atoms with Crippen molar-refractivity contribution in [1.29, 1.82) is 0 Å². The van der Waals surface area contributed by atoms with Crippen LogP contribution in [-0.4, -0.2) is 30.2 Å². The molecule has 0 saturated heterocycles. The summed E-state index contributed by atoms with van der Waals surface area (Å²) < 4.78 is 4.92. The number of rotatable bonds is 5. The number of ketones is 1. The first-order chi connectivity index (χ1) is 5.04. The molecular weight excluding hydrogens is 144 g/mol. The second-order valence-electron chi connectivity index (χ2n) is 2.99. The highest BCUT2D eigenvalue weighted by Crippen LogP contribution is 1.94. The lowest BCUT2D eigenvalue weighted by molar-refractivity contribution is -0.127. The first-order valence-electron chi connectivity index (χ1n) is 3.82. The van der Waals surface area contributed by atoms with E-state index in [0.29, 0.717) is 0 Å². The van der Waals surface area contributed by atoms with Gasteiger partial charge in [-0.25, -0.2) is 0 Å². The monoisotopic (exact) mass is 160 g/mol. The lowest BCUT2D eigenvalue weighted by atomic mass is 10.1. The minimum absolute atomic E-state index is 0.0176. The Balaban J connectivity index is 3.32. The minimum atomic E-state index is -0.491. The molecule has 11 heavy (non-hydrogen) atoms. The fourth-order valence-corrected chi connectivity index (χ4v) is 0.497. The number of aliphatic hydroxyl groups excluding tert-OH is 1. The maximum Gasteiger partial charge on any atom is 0.160 e. The van der Waals surface area contributed by atoms with Crippen molar-refractivity contribution < 1.29 is 14.6 Å². The van der Waals surface area contributed by atoms with Crippen LogP contribution < -0.4 is 0 Å². The first kappa shape index (κ1) is 10.6. The van der Waals surface area contributed by atoms with Crippen LogP contribution in [0.25, 0.3) is 0 Å². The fraction of sp³-hybridized carbons (Fsp3) is 0.875. The zero-order chi connectivity index (χ0) is 8.85. The van der Waals surface area contributed by atoms with Crippen molar-refractivity contribution in [1.82, 2.24) is 0 Å². The average molecular weight is 160 g/mol. The molecule has 1 atom stereocenters. The molecule has 0 radical (unpaired) electrons. The lowest BCUT2D eigenvalue weighted by Gasteiger charge is -2.06. The minimum Gasteiger partial charge on any atom is -0.391 e. The summed E-state index contributed by atoms with van der Waals surface area (Å²) in [5.41, 5.74) is 0. The average Bonchev–Trinajstić information content (AvgIpc) is 1.86. The predicted molar refractivity (Wildman–Crippen MR) is 42.3 cm³/mol. The number of ether oxygens (including phenoxy) is 1. The summed E-state index contributed by atoms with van der Waals surface area (Å²) in [6.45, 7) is 5.63. The van der Waals surface area contributed by atoms with Gasteiger partial charge in [-0.15, -0.1) is 0 Å². The second kappa shape index (κ2) is 5.27. The first-order valence-corrected chi connectivity index (χ1v) is 3.82. The van der Waals surface area contributed by atoms with Crippen molar-refractivity contribution in [3.05, 3.63) is 0 Å². The Labute approximate surface area is 67.4 Å². The Kier molecular flexibility index (Phi) is 5.07. The SMILES string of the molecule is CC(O)COCC(=O)C(C)C. The summed E-state index contributed by atoms with van der Waals surface area (Å²) in [6, 6.07) is 0. The van der Waals surface area contributed by atoms with Crippen molar-refractivity contribution in [3.63, 3.8) is 0 Å². The molecule has 0 fully saturated rings. The van der Waals surface area contributed by atoms with E-state index >= 15 is 0 Å². The van der Waals surface area contributed by atoms with Crippen LogP contribution in [0.4, 0.5) is 0 Å². The van der Waals surface area contributed by atoms with E-state index in [4.69, 9.17) is 9.84 Å². The molecule has 3 nitrogen and oxygen atoms in total. The van der Waals surface area contributed by atoms with Crippen LogP contribution in [0.1, 0.15) is 20.8 Å². The molecule has 0 saturated carbocycles. The van der Waals surface area contributed by atoms with Crippen LogP contribution in [0.2, 0.25) is 0 Å². The van der Waals surface area contributed by atoms with Gasteiger partial charge in [0.2, 0.25) is 0 Å². The third-order valence-corrected chi connectivity index (χ3v) is 1.25. The van der Waals surface area contributed by atoms with E-state index in [0.717, 1.165) is 0 Å². The van der Waals surface area contributed by atoms with E-state index < -0.39 is 6.10 Å². The van der Waals surface area contributed by atoms with Gasteiger partial charge in [-0.1, -0.05) is 13.8 Å². The van der Waals surface area contributed by atoms with Gasteiger partial charge in [-0.05, 0) is 6.92 Å². The van der Waals surface area contributed by atoms with Gasteiger partial charge in [0.25, 0.3) is 0 Å². The Bertz CT molecular complexity index is 119. The number of carbonyl (C=O) groups excluding carboxylic acids is 1. The van der Waals surface area contributed by atoms with Gasteiger partial charge in [-0.3, -0.25) is 4.79 Å². The van der Waals surface area contributed by atoms with E-state index in [1.165, 1.54) is 0 Å². The molecular formula is C8H16O3. The third kappa shape index (κ3) is 6.01. The summed E-state index contributed by atoms with van der Waals surface area (Å²) in [4.78, 5) is 10.9. The summed E-state index contributed by atoms with van der Waals surface area (Å²) >= 11 is 0. The van der Waals surface area contributed by atoms with Gasteiger partial charge in [0.15, 0.2) is 5.78 Å². The standard InChI is InChI=1S/C8H16O3/c1-6(2)8(10)5-11-4-7(3)9/h6-7,9H,4-5H2,1-3H3. The molecule has 3 heteroatoms. The zero-order valence-electron chi connectivity index (χ0n) is 7.33. The van der Waals surface area contributed by atoms with Gasteiger partial charge in [-0.2, -0.15) is 0 Å². The highest BCUT2D eigenvalue weighted by Gasteiger charge is 2.06. The van der Waals surface area contributed by atoms with Crippen molar-refractivity contribution in [2.75, 3.05) is 13.2 Å². The Morgan fingerprint density at radius 2 is 2.00 bits per heavy atom. The molecule has 0 rings (SSSR count). The molecule has 0 aliphatic heterocycles. The quantitative estimate of drug-likeness (QED) is 0.641. The highest BCUT2D eigenvalue weighted by atomic mass is 16.5. The number of carbonyl (C=O) groups is 1. The largest absolute Gasteiger partial charge is 0.391 e. The van der Waals surface area contributed by atoms with Crippen molar-refractivity contribution in [2.24, 2.45) is 5.92 Å². The van der Waals surface area contributed by atoms with Crippen LogP contribution in [0.15, 0.2) is 0 Å². The molecule has 0 bridgehead atoms. The molecule has 66 valence electrons. The van der Waals surface area contributed by atoms with Crippen molar-refractivity contribution >= 4 is 5.78 Å². The molecule has 1 unspecified atom stereocenters. The topological polar surface area (TPSA) is 46.5 Å². The molecule has 0 spiro atoms. The molecule has 0 aliphatic rings. The number of aliphatic hydroxyl groups is 1. The molecule has 0 amide bonds. The highest BCUT2D eigenvalue weighted by molar-refractivity contribution is 5.81. The van der Waals surface area contributed by atoms with E-state index in [1.807, 2.05) is 13.8 Å². The van der Waals surface area contributed by atoms with Crippen molar-refractivity contribution in [2.45, 2.75) is 26.9 Å². The van der Waals surface area contributed by atoms with Crippen LogP contribution in [0.3, 0.4) is 0 Å². The number of hydrogen-bond acceptors (Lipinski definition) is 3. The molecule has 0 aromatic rings. The molecule has 1 N–H and O–H groups in total. The van der Waals surface area contributed by atoms with Crippen LogP contribution in [0, 0.1) is 5.92 Å². The van der Waals surface area contributed by atoms with Crippen LogP contribution in [-0.2, 0) is 9.53 Å².